The molecule has 5 nitrogen and oxygen atoms in total. The second-order valence-electron chi connectivity index (χ2n) is 2.83. The summed E-state index contributed by atoms with van der Waals surface area (Å²) in [6.07, 6.45) is 0. The van der Waals surface area contributed by atoms with Gasteiger partial charge in [0.1, 0.15) is 4.92 Å². The van der Waals surface area contributed by atoms with Gasteiger partial charge < -0.3 is 4.42 Å². The largest absolute Gasteiger partial charge is 0.433 e. The fourth-order valence-electron chi connectivity index (χ4n) is 1.11. The Balaban J connectivity index is 2.30. The smallest absolute Gasteiger partial charge is 0.397 e. The van der Waals surface area contributed by atoms with Crippen molar-refractivity contribution in [3.8, 4) is 0 Å². The lowest BCUT2D eigenvalue weighted by Crippen LogP contribution is -1.95. The number of furan rings is 1. The summed E-state index contributed by atoms with van der Waals surface area (Å²) in [7, 11) is 0. The number of hydrogen-bond acceptors (Lipinski definition) is 5. The van der Waals surface area contributed by atoms with E-state index in [-0.39, 0.29) is 11.5 Å². The summed E-state index contributed by atoms with van der Waals surface area (Å²) in [6.45, 7) is 0. The van der Waals surface area contributed by atoms with Crippen LogP contribution in [-0.4, -0.2) is 10.7 Å². The highest BCUT2D eigenvalue weighted by Gasteiger charge is 2.19. The van der Waals surface area contributed by atoms with E-state index in [4.69, 9.17) is 4.42 Å². The Bertz CT molecular complexity index is 559. The molecule has 0 aliphatic carbocycles. The Labute approximate surface area is 102 Å². The van der Waals surface area contributed by atoms with E-state index in [9.17, 15) is 14.9 Å². The minimum atomic E-state index is -0.679. The van der Waals surface area contributed by atoms with Crippen LogP contribution < -0.4 is 0 Å². The highest BCUT2D eigenvalue weighted by atomic mass is 79.9. The second-order valence-corrected chi connectivity index (χ2v) is 5.29. The quantitative estimate of drug-likeness (QED) is 0.495. The molecule has 0 spiro atoms. The van der Waals surface area contributed by atoms with E-state index in [2.05, 4.69) is 15.9 Å². The van der Waals surface area contributed by atoms with Gasteiger partial charge in [0, 0.05) is 0 Å². The molecule has 0 fully saturated rings. The summed E-state index contributed by atoms with van der Waals surface area (Å²) in [5.74, 6) is -0.816. The molecule has 0 N–H and O–H groups in total. The Morgan fingerprint density at radius 2 is 2.12 bits per heavy atom. The van der Waals surface area contributed by atoms with E-state index in [1.807, 2.05) is 0 Å². The summed E-state index contributed by atoms with van der Waals surface area (Å²) in [5, 5.41) is 10.4. The van der Waals surface area contributed by atoms with E-state index in [1.54, 1.807) is 12.1 Å². The molecular weight excluding hydrogens is 298 g/mol. The number of ketones is 1. The van der Waals surface area contributed by atoms with Gasteiger partial charge in [-0.05, 0) is 34.1 Å². The minimum Gasteiger partial charge on any atom is -0.397 e. The lowest BCUT2D eigenvalue weighted by atomic mass is 10.2. The van der Waals surface area contributed by atoms with Crippen molar-refractivity contribution < 1.29 is 14.1 Å². The lowest BCUT2D eigenvalue weighted by molar-refractivity contribution is -0.402. The van der Waals surface area contributed by atoms with Crippen LogP contribution in [0.15, 0.2) is 32.5 Å². The third-order valence-electron chi connectivity index (χ3n) is 1.79. The second kappa shape index (κ2) is 4.18. The molecule has 16 heavy (non-hydrogen) atoms. The maximum atomic E-state index is 11.8. The molecule has 2 heterocycles. The number of rotatable bonds is 3. The first-order valence-corrected chi connectivity index (χ1v) is 5.73. The average molecular weight is 302 g/mol. The first kappa shape index (κ1) is 11.0. The molecule has 0 amide bonds. The molecule has 0 saturated heterocycles. The maximum absolute atomic E-state index is 11.8. The van der Waals surface area contributed by atoms with E-state index >= 15 is 0 Å². The molecule has 82 valence electrons. The van der Waals surface area contributed by atoms with Crippen LogP contribution in [0.2, 0.25) is 0 Å². The number of carbonyl (C=O) groups excluding carboxylic acids is 1. The van der Waals surface area contributed by atoms with Crippen molar-refractivity contribution in [1.82, 2.24) is 0 Å². The summed E-state index contributed by atoms with van der Waals surface area (Å²) in [4.78, 5) is 21.9. The molecule has 0 saturated carbocycles. The first-order chi connectivity index (χ1) is 7.58. The van der Waals surface area contributed by atoms with Gasteiger partial charge in [0.25, 0.3) is 0 Å². The predicted octanol–water partition coefficient (Wildman–Crippen LogP) is 3.24. The van der Waals surface area contributed by atoms with Gasteiger partial charge in [-0.1, -0.05) is 0 Å². The van der Waals surface area contributed by atoms with Crippen molar-refractivity contribution in [3.63, 3.8) is 0 Å². The fraction of sp³-hybridized carbons (Fsp3) is 0. The monoisotopic (exact) mass is 301 g/mol. The number of carbonyl (C=O) groups is 1. The lowest BCUT2D eigenvalue weighted by Gasteiger charge is -1.90. The molecule has 0 aliphatic heterocycles. The zero-order valence-corrected chi connectivity index (χ0v) is 10.1. The van der Waals surface area contributed by atoms with Gasteiger partial charge in [0.2, 0.25) is 5.78 Å². The molecule has 7 heteroatoms. The number of halogens is 1. The van der Waals surface area contributed by atoms with Gasteiger partial charge in [-0.3, -0.25) is 14.9 Å². The van der Waals surface area contributed by atoms with Crippen LogP contribution in [-0.2, 0) is 0 Å². The molecule has 0 bridgehead atoms. The molecule has 0 radical (unpaired) electrons. The van der Waals surface area contributed by atoms with Crippen molar-refractivity contribution in [2.24, 2.45) is 0 Å². The first-order valence-electron chi connectivity index (χ1n) is 4.12. The molecule has 2 aromatic rings. The molecule has 0 atom stereocenters. The molecule has 0 aliphatic rings. The van der Waals surface area contributed by atoms with Crippen LogP contribution in [0.5, 0.6) is 0 Å². The van der Waals surface area contributed by atoms with Crippen LogP contribution in [0.25, 0.3) is 0 Å². The van der Waals surface area contributed by atoms with E-state index in [0.29, 0.717) is 4.88 Å². The van der Waals surface area contributed by atoms with Crippen molar-refractivity contribution in [2.75, 3.05) is 0 Å². The highest BCUT2D eigenvalue weighted by molar-refractivity contribution is 9.11. The van der Waals surface area contributed by atoms with E-state index in [1.165, 1.54) is 17.4 Å². The predicted molar refractivity (Wildman–Crippen MR) is 60.8 cm³/mol. The third kappa shape index (κ3) is 2.05. The normalized spacial score (nSPS) is 10.3. The van der Waals surface area contributed by atoms with Crippen molar-refractivity contribution >= 4 is 38.9 Å². The van der Waals surface area contributed by atoms with Crippen molar-refractivity contribution in [3.05, 3.63) is 48.8 Å². The van der Waals surface area contributed by atoms with Crippen molar-refractivity contribution in [1.29, 1.82) is 0 Å². The molecule has 0 unspecified atom stereocenters. The van der Waals surface area contributed by atoms with Crippen LogP contribution in [0.3, 0.4) is 0 Å². The van der Waals surface area contributed by atoms with Gasteiger partial charge >= 0.3 is 5.88 Å². The number of nitrogens with zero attached hydrogens (tertiary/aromatic N) is 1. The SMILES string of the molecule is O=C(c1ccc([N+](=O)[O-])o1)c1ccc(Br)s1. The zero-order chi connectivity index (χ0) is 11.7. The van der Waals surface area contributed by atoms with Crippen LogP contribution in [0.1, 0.15) is 15.4 Å². The van der Waals surface area contributed by atoms with Gasteiger partial charge in [-0.15, -0.1) is 11.3 Å². The zero-order valence-electron chi connectivity index (χ0n) is 7.68. The standard InChI is InChI=1S/C9H4BrNO4S/c10-7-3-2-6(16-7)9(12)5-1-4-8(15-5)11(13)14/h1-4H. The average Bonchev–Trinajstić information content (AvgIpc) is 2.84. The van der Waals surface area contributed by atoms with Gasteiger partial charge in [0.15, 0.2) is 5.76 Å². The minimum absolute atomic E-state index is 0.0268. The van der Waals surface area contributed by atoms with Gasteiger partial charge in [-0.2, -0.15) is 0 Å². The van der Waals surface area contributed by atoms with E-state index in [0.717, 1.165) is 9.85 Å². The van der Waals surface area contributed by atoms with Crippen LogP contribution >= 0.6 is 27.3 Å². The third-order valence-corrected chi connectivity index (χ3v) is 3.41. The van der Waals surface area contributed by atoms with E-state index < -0.39 is 10.8 Å². The van der Waals surface area contributed by atoms with Gasteiger partial charge in [-0.25, -0.2) is 0 Å². The fourth-order valence-corrected chi connectivity index (χ4v) is 2.44. The molecule has 2 rings (SSSR count). The number of hydrogen-bond donors (Lipinski definition) is 0. The summed E-state index contributed by atoms with van der Waals surface area (Å²) < 4.78 is 5.63. The maximum Gasteiger partial charge on any atom is 0.433 e. The van der Waals surface area contributed by atoms with Crippen LogP contribution in [0, 0.1) is 10.1 Å². The summed E-state index contributed by atoms with van der Waals surface area (Å²) in [6, 6.07) is 5.82. The van der Waals surface area contributed by atoms with Crippen molar-refractivity contribution in [2.45, 2.75) is 0 Å². The van der Waals surface area contributed by atoms with Crippen LogP contribution in [0.4, 0.5) is 5.88 Å². The Kier molecular flexibility index (Phi) is 2.88. The Morgan fingerprint density at radius 1 is 1.38 bits per heavy atom. The Morgan fingerprint density at radius 3 is 2.62 bits per heavy atom. The van der Waals surface area contributed by atoms with Gasteiger partial charge in [0.05, 0.1) is 14.7 Å². The summed E-state index contributed by atoms with van der Waals surface area (Å²) >= 11 is 4.47. The molecule has 0 aromatic carbocycles. The molecular formula is C9H4BrNO4S. The highest BCUT2D eigenvalue weighted by Crippen LogP contribution is 2.26. The number of nitro groups is 1. The molecule has 2 aromatic heterocycles. The summed E-state index contributed by atoms with van der Waals surface area (Å²) in [5.41, 5.74) is 0. The topological polar surface area (TPSA) is 73.3 Å². The Hall–Kier alpha value is -1.47. The number of thiophene rings is 1.